The maximum Gasteiger partial charge on any atom is 0.230 e. The fourth-order valence-electron chi connectivity index (χ4n) is 3.72. The normalized spacial score (nSPS) is 24.3. The van der Waals surface area contributed by atoms with Gasteiger partial charge >= 0.3 is 0 Å². The Morgan fingerprint density at radius 1 is 1.35 bits per heavy atom. The van der Waals surface area contributed by atoms with Gasteiger partial charge in [0.1, 0.15) is 18.1 Å². The highest BCUT2D eigenvalue weighted by Gasteiger charge is 2.34. The first-order valence-electron chi connectivity index (χ1n) is 7.92. The molecule has 1 saturated heterocycles. The van der Waals surface area contributed by atoms with Crippen molar-refractivity contribution in [2.45, 2.75) is 26.3 Å². The van der Waals surface area contributed by atoms with Gasteiger partial charge in [0.15, 0.2) is 0 Å². The minimum atomic E-state index is -0.0938. The minimum Gasteiger partial charge on any atom is -0.492 e. The van der Waals surface area contributed by atoms with Crippen LogP contribution >= 0.6 is 11.3 Å². The molecule has 0 spiro atoms. The molecular weight excluding hydrogens is 312 g/mol. The molecule has 0 amide bonds. The number of likely N-dealkylation sites (tertiary alicyclic amines) is 1. The highest BCUT2D eigenvalue weighted by Crippen LogP contribution is 2.41. The highest BCUT2D eigenvalue weighted by atomic mass is 32.1. The monoisotopic (exact) mass is 332 g/mol. The van der Waals surface area contributed by atoms with Crippen LogP contribution in [0, 0.1) is 11.8 Å². The first kappa shape index (κ1) is 14.7. The summed E-state index contributed by atoms with van der Waals surface area (Å²) >= 11 is 1.47. The summed E-state index contributed by atoms with van der Waals surface area (Å²) in [6.07, 6.45) is 4.39. The van der Waals surface area contributed by atoms with Crippen molar-refractivity contribution < 1.29 is 9.52 Å². The number of aromatic nitrogens is 3. The van der Waals surface area contributed by atoms with E-state index < -0.39 is 0 Å². The van der Waals surface area contributed by atoms with E-state index in [-0.39, 0.29) is 11.9 Å². The van der Waals surface area contributed by atoms with E-state index in [2.05, 4.69) is 28.8 Å². The molecule has 4 rings (SSSR count). The largest absolute Gasteiger partial charge is 0.492 e. The van der Waals surface area contributed by atoms with E-state index in [0.29, 0.717) is 16.8 Å². The van der Waals surface area contributed by atoms with Crippen LogP contribution in [-0.2, 0) is 0 Å². The second-order valence-corrected chi connectivity index (χ2v) is 7.57. The number of nitrogens with zero attached hydrogens (tertiary/aromatic N) is 4. The average molecular weight is 332 g/mol. The molecular formula is C16H20N4O2S. The lowest BCUT2D eigenvalue weighted by Crippen LogP contribution is -2.41. The minimum absolute atomic E-state index is 0.0938. The van der Waals surface area contributed by atoms with Gasteiger partial charge in [-0.2, -0.15) is 9.61 Å². The molecule has 4 heterocycles. The third-order valence-electron chi connectivity index (χ3n) is 4.46. The van der Waals surface area contributed by atoms with E-state index >= 15 is 0 Å². The standard InChI is InChI=1S/C16H20N4O2S/c1-10-6-11(2)8-19(7-10)13(12-4-3-5-22-12)14-15(21)20-16(23-14)17-9-18-20/h3-5,9-11,13,21H,6-8H2,1-2H3/t10-,11-,13-/m0/s1. The SMILES string of the molecule is C[C@H]1C[C@H](C)CN([C@@H](c2ccco2)c2sc3ncnn3c2O)C1. The quantitative estimate of drug-likeness (QED) is 0.798. The number of hydrogen-bond donors (Lipinski definition) is 1. The number of furan rings is 1. The average Bonchev–Trinajstić information content (AvgIpc) is 3.20. The van der Waals surface area contributed by atoms with E-state index in [1.807, 2.05) is 12.1 Å². The Kier molecular flexibility index (Phi) is 3.61. The molecule has 122 valence electrons. The van der Waals surface area contributed by atoms with Gasteiger partial charge in [0.25, 0.3) is 0 Å². The molecule has 0 aromatic carbocycles. The van der Waals surface area contributed by atoms with Crippen LogP contribution in [-0.4, -0.2) is 37.7 Å². The molecule has 1 aliphatic heterocycles. The maximum atomic E-state index is 10.6. The number of fused-ring (bicyclic) bond motifs is 1. The Morgan fingerprint density at radius 3 is 2.78 bits per heavy atom. The van der Waals surface area contributed by atoms with Crippen molar-refractivity contribution in [2.24, 2.45) is 11.8 Å². The summed E-state index contributed by atoms with van der Waals surface area (Å²) in [6.45, 7) is 6.54. The van der Waals surface area contributed by atoms with Crippen LogP contribution in [0.3, 0.4) is 0 Å². The van der Waals surface area contributed by atoms with Crippen molar-refractivity contribution in [1.82, 2.24) is 19.5 Å². The number of thiazole rings is 1. The third-order valence-corrected chi connectivity index (χ3v) is 5.55. The van der Waals surface area contributed by atoms with Gasteiger partial charge in [0.2, 0.25) is 10.8 Å². The van der Waals surface area contributed by atoms with Crippen LogP contribution in [0.4, 0.5) is 0 Å². The molecule has 23 heavy (non-hydrogen) atoms. The second kappa shape index (κ2) is 5.65. The van der Waals surface area contributed by atoms with Gasteiger partial charge in [-0.3, -0.25) is 4.90 Å². The van der Waals surface area contributed by atoms with Crippen LogP contribution in [0.5, 0.6) is 5.88 Å². The first-order chi connectivity index (χ1) is 11.1. The van der Waals surface area contributed by atoms with Gasteiger partial charge in [-0.1, -0.05) is 25.2 Å². The Balaban J connectivity index is 1.79. The number of hydrogen-bond acceptors (Lipinski definition) is 6. The summed E-state index contributed by atoms with van der Waals surface area (Å²) in [5.41, 5.74) is 0. The molecule has 3 aromatic rings. The predicted molar refractivity (Wildman–Crippen MR) is 87.6 cm³/mol. The van der Waals surface area contributed by atoms with Gasteiger partial charge < -0.3 is 9.52 Å². The Hall–Kier alpha value is -1.86. The Bertz CT molecular complexity index is 784. The van der Waals surface area contributed by atoms with Gasteiger partial charge in [-0.15, -0.1) is 0 Å². The molecule has 1 N–H and O–H groups in total. The van der Waals surface area contributed by atoms with Crippen LogP contribution in [0.25, 0.3) is 4.96 Å². The molecule has 7 heteroatoms. The molecule has 1 aliphatic rings. The molecule has 0 aliphatic carbocycles. The van der Waals surface area contributed by atoms with Crippen molar-refractivity contribution in [3.63, 3.8) is 0 Å². The summed E-state index contributed by atoms with van der Waals surface area (Å²) < 4.78 is 7.20. The van der Waals surface area contributed by atoms with Crippen LogP contribution in [0.2, 0.25) is 0 Å². The summed E-state index contributed by atoms with van der Waals surface area (Å²) in [4.78, 5) is 8.15. The summed E-state index contributed by atoms with van der Waals surface area (Å²) in [6, 6.07) is 3.78. The van der Waals surface area contributed by atoms with E-state index in [1.54, 1.807) is 6.26 Å². The van der Waals surface area contributed by atoms with Crippen molar-refractivity contribution in [3.05, 3.63) is 35.4 Å². The first-order valence-corrected chi connectivity index (χ1v) is 8.74. The molecule has 0 radical (unpaired) electrons. The molecule has 3 aromatic heterocycles. The lowest BCUT2D eigenvalue weighted by atomic mass is 9.90. The lowest BCUT2D eigenvalue weighted by Gasteiger charge is -2.38. The third kappa shape index (κ3) is 2.53. The molecule has 6 nitrogen and oxygen atoms in total. The zero-order valence-electron chi connectivity index (χ0n) is 13.2. The zero-order valence-corrected chi connectivity index (χ0v) is 14.0. The van der Waals surface area contributed by atoms with Crippen molar-refractivity contribution in [2.75, 3.05) is 13.1 Å². The van der Waals surface area contributed by atoms with E-state index in [1.165, 1.54) is 28.6 Å². The summed E-state index contributed by atoms with van der Waals surface area (Å²) in [5, 5.41) is 14.7. The lowest BCUT2D eigenvalue weighted by molar-refractivity contribution is 0.102. The fourth-order valence-corrected chi connectivity index (χ4v) is 4.79. The highest BCUT2D eigenvalue weighted by molar-refractivity contribution is 7.17. The molecule has 0 bridgehead atoms. The van der Waals surface area contributed by atoms with Gasteiger partial charge in [0.05, 0.1) is 11.1 Å². The Labute approximate surface area is 138 Å². The van der Waals surface area contributed by atoms with E-state index in [9.17, 15) is 5.11 Å². The van der Waals surface area contributed by atoms with Crippen molar-refractivity contribution in [3.8, 4) is 5.88 Å². The molecule has 0 saturated carbocycles. The smallest absolute Gasteiger partial charge is 0.230 e. The number of aromatic hydroxyl groups is 1. The topological polar surface area (TPSA) is 66.8 Å². The van der Waals surface area contributed by atoms with E-state index in [4.69, 9.17) is 4.42 Å². The van der Waals surface area contributed by atoms with Gasteiger partial charge in [-0.25, -0.2) is 4.98 Å². The molecule has 1 fully saturated rings. The van der Waals surface area contributed by atoms with Crippen molar-refractivity contribution in [1.29, 1.82) is 0 Å². The van der Waals surface area contributed by atoms with Crippen molar-refractivity contribution >= 4 is 16.3 Å². The van der Waals surface area contributed by atoms with Gasteiger partial charge in [-0.05, 0) is 30.4 Å². The molecule has 0 unspecified atom stereocenters. The predicted octanol–water partition coefficient (Wildman–Crippen LogP) is 3.16. The molecule has 3 atom stereocenters. The second-order valence-electron chi connectivity index (χ2n) is 6.56. The fraction of sp³-hybridized carbons (Fsp3) is 0.500. The van der Waals surface area contributed by atoms with E-state index in [0.717, 1.165) is 23.7 Å². The maximum absolute atomic E-state index is 10.6. The number of rotatable bonds is 3. The van der Waals surface area contributed by atoms with Crippen LogP contribution < -0.4 is 0 Å². The van der Waals surface area contributed by atoms with Crippen LogP contribution in [0.1, 0.15) is 36.9 Å². The summed E-state index contributed by atoms with van der Waals surface area (Å²) in [5.74, 6) is 2.27. The number of piperidine rings is 1. The van der Waals surface area contributed by atoms with Crippen LogP contribution in [0.15, 0.2) is 29.1 Å². The van der Waals surface area contributed by atoms with Gasteiger partial charge in [0, 0.05) is 13.1 Å². The Morgan fingerprint density at radius 2 is 2.13 bits per heavy atom. The zero-order chi connectivity index (χ0) is 16.0. The summed E-state index contributed by atoms with van der Waals surface area (Å²) in [7, 11) is 0.